The summed E-state index contributed by atoms with van der Waals surface area (Å²) in [4.78, 5) is 10.6. The van der Waals surface area contributed by atoms with Crippen LogP contribution in [0.2, 0.25) is 0 Å². The smallest absolute Gasteiger partial charge is 0.408 e. The fraction of sp³-hybridized carbons (Fsp3) is 0.571. The van der Waals surface area contributed by atoms with Gasteiger partial charge in [-0.2, -0.15) is 0 Å². The second-order valence-corrected chi connectivity index (χ2v) is 2.63. The molecule has 1 aliphatic heterocycles. The number of alkyl carbamates (subject to hydrolysis) is 1. The zero-order chi connectivity index (χ0) is 6.97. The van der Waals surface area contributed by atoms with E-state index in [0.717, 1.165) is 12.8 Å². The van der Waals surface area contributed by atoms with Crippen molar-refractivity contribution in [2.24, 2.45) is 0 Å². The summed E-state index contributed by atoms with van der Waals surface area (Å²) in [6.07, 6.45) is 5.79. The number of nitrogens with one attached hydrogen (secondary N) is 1. The van der Waals surface area contributed by atoms with Crippen molar-refractivity contribution in [3.63, 3.8) is 0 Å². The van der Waals surface area contributed by atoms with Gasteiger partial charge in [0.2, 0.25) is 0 Å². The van der Waals surface area contributed by atoms with Gasteiger partial charge in [0, 0.05) is 0 Å². The molecule has 3 heteroatoms. The monoisotopic (exact) mass is 139 g/mol. The van der Waals surface area contributed by atoms with Crippen molar-refractivity contribution >= 4 is 6.09 Å². The van der Waals surface area contributed by atoms with Crippen LogP contribution in [0.4, 0.5) is 4.79 Å². The van der Waals surface area contributed by atoms with Gasteiger partial charge in [-0.3, -0.25) is 0 Å². The predicted octanol–water partition coefficient (Wildman–Crippen LogP) is 0.813. The number of carbonyl (C=O) groups is 1. The quantitative estimate of drug-likeness (QED) is 0.504. The zero-order valence-electron chi connectivity index (χ0n) is 5.54. The van der Waals surface area contributed by atoms with E-state index in [1.807, 2.05) is 6.08 Å². The Hall–Kier alpha value is -0.990. The second-order valence-electron chi connectivity index (χ2n) is 2.63. The maximum absolute atomic E-state index is 10.6. The average molecular weight is 139 g/mol. The minimum atomic E-state index is -0.276. The maximum Gasteiger partial charge on any atom is 0.408 e. The number of rotatable bonds is 0. The molecule has 1 amide bonds. The van der Waals surface area contributed by atoms with E-state index in [4.69, 9.17) is 4.74 Å². The van der Waals surface area contributed by atoms with Gasteiger partial charge in [0.05, 0.1) is 6.04 Å². The molecule has 0 bridgehead atoms. The number of carbonyl (C=O) groups excluding carboxylic acids is 1. The molecular formula is C7H9NO2. The third-order valence-corrected chi connectivity index (χ3v) is 1.91. The lowest BCUT2D eigenvalue weighted by Gasteiger charge is -2.15. The Morgan fingerprint density at radius 3 is 3.40 bits per heavy atom. The molecule has 54 valence electrons. The largest absolute Gasteiger partial charge is 0.440 e. The molecule has 0 unspecified atom stereocenters. The van der Waals surface area contributed by atoms with Crippen LogP contribution in [0.25, 0.3) is 0 Å². The molecule has 1 saturated heterocycles. The topological polar surface area (TPSA) is 38.3 Å². The number of amides is 1. The molecule has 2 rings (SSSR count). The van der Waals surface area contributed by atoms with Crippen LogP contribution >= 0.6 is 0 Å². The second kappa shape index (κ2) is 2.01. The van der Waals surface area contributed by atoms with Gasteiger partial charge < -0.3 is 10.1 Å². The Balaban J connectivity index is 2.15. The number of fused-ring (bicyclic) bond motifs is 1. The van der Waals surface area contributed by atoms with Crippen molar-refractivity contribution in [2.45, 2.75) is 25.0 Å². The Morgan fingerprint density at radius 2 is 2.60 bits per heavy atom. The first-order valence-electron chi connectivity index (χ1n) is 3.50. The van der Waals surface area contributed by atoms with Gasteiger partial charge >= 0.3 is 6.09 Å². The fourth-order valence-corrected chi connectivity index (χ4v) is 1.39. The highest BCUT2D eigenvalue weighted by Crippen LogP contribution is 2.19. The highest BCUT2D eigenvalue weighted by atomic mass is 16.6. The van der Waals surface area contributed by atoms with Crippen molar-refractivity contribution in [1.29, 1.82) is 0 Å². The molecule has 1 fully saturated rings. The highest BCUT2D eigenvalue weighted by molar-refractivity contribution is 5.70. The molecular weight excluding hydrogens is 130 g/mol. The predicted molar refractivity (Wildman–Crippen MR) is 35.6 cm³/mol. The van der Waals surface area contributed by atoms with Crippen molar-refractivity contribution < 1.29 is 9.53 Å². The minimum absolute atomic E-state index is 0.00116. The zero-order valence-corrected chi connectivity index (χ0v) is 5.54. The van der Waals surface area contributed by atoms with Crippen LogP contribution in [-0.4, -0.2) is 18.2 Å². The van der Waals surface area contributed by atoms with Gasteiger partial charge in [-0.25, -0.2) is 4.79 Å². The lowest BCUT2D eigenvalue weighted by atomic mass is 10.0. The van der Waals surface area contributed by atoms with Gasteiger partial charge in [-0.15, -0.1) is 0 Å². The van der Waals surface area contributed by atoms with Crippen molar-refractivity contribution in [3.05, 3.63) is 12.2 Å². The van der Waals surface area contributed by atoms with Crippen LogP contribution in [0.5, 0.6) is 0 Å². The molecule has 2 atom stereocenters. The third-order valence-electron chi connectivity index (χ3n) is 1.91. The normalized spacial score (nSPS) is 36.6. The fourth-order valence-electron chi connectivity index (χ4n) is 1.39. The molecule has 1 heterocycles. The third kappa shape index (κ3) is 0.781. The first-order valence-corrected chi connectivity index (χ1v) is 3.50. The maximum atomic E-state index is 10.6. The Morgan fingerprint density at radius 1 is 1.70 bits per heavy atom. The summed E-state index contributed by atoms with van der Waals surface area (Å²) in [5.74, 6) is 0. The summed E-state index contributed by atoms with van der Waals surface area (Å²) < 4.78 is 4.93. The van der Waals surface area contributed by atoms with Gasteiger partial charge in [0.1, 0.15) is 6.10 Å². The van der Waals surface area contributed by atoms with E-state index in [-0.39, 0.29) is 18.2 Å². The van der Waals surface area contributed by atoms with Crippen molar-refractivity contribution in [2.75, 3.05) is 0 Å². The molecule has 10 heavy (non-hydrogen) atoms. The van der Waals surface area contributed by atoms with Crippen molar-refractivity contribution in [1.82, 2.24) is 5.32 Å². The molecule has 0 aromatic rings. The number of ether oxygens (including phenoxy) is 1. The molecule has 0 saturated carbocycles. The van der Waals surface area contributed by atoms with Crippen LogP contribution in [-0.2, 0) is 4.74 Å². The number of allylic oxidation sites excluding steroid dienone is 1. The van der Waals surface area contributed by atoms with Crippen LogP contribution in [0.3, 0.4) is 0 Å². The minimum Gasteiger partial charge on any atom is -0.440 e. The molecule has 1 aliphatic carbocycles. The van der Waals surface area contributed by atoms with E-state index in [9.17, 15) is 4.79 Å². The molecule has 0 spiro atoms. The lowest BCUT2D eigenvalue weighted by Crippen LogP contribution is -2.31. The van der Waals surface area contributed by atoms with E-state index in [0.29, 0.717) is 0 Å². The van der Waals surface area contributed by atoms with E-state index in [1.165, 1.54) is 0 Å². The SMILES string of the molecule is O=C1N[C@H]2CCC=C[C@H]2O1. The summed E-state index contributed by atoms with van der Waals surface area (Å²) in [5, 5.41) is 2.74. The molecule has 0 radical (unpaired) electrons. The average Bonchev–Trinajstić information content (AvgIpc) is 2.27. The molecule has 2 aliphatic rings. The van der Waals surface area contributed by atoms with Crippen LogP contribution in [0.1, 0.15) is 12.8 Å². The summed E-state index contributed by atoms with van der Waals surface area (Å²) in [7, 11) is 0. The van der Waals surface area contributed by atoms with Crippen LogP contribution in [0, 0.1) is 0 Å². The van der Waals surface area contributed by atoms with E-state index >= 15 is 0 Å². The lowest BCUT2D eigenvalue weighted by molar-refractivity contribution is 0.151. The van der Waals surface area contributed by atoms with E-state index in [2.05, 4.69) is 11.4 Å². The first kappa shape index (κ1) is 5.77. The molecule has 3 nitrogen and oxygen atoms in total. The number of hydrogen-bond acceptors (Lipinski definition) is 2. The van der Waals surface area contributed by atoms with Gasteiger partial charge in [-0.05, 0) is 18.9 Å². The Bertz CT molecular complexity index is 188. The van der Waals surface area contributed by atoms with Crippen molar-refractivity contribution in [3.8, 4) is 0 Å². The molecule has 0 aromatic carbocycles. The summed E-state index contributed by atoms with van der Waals surface area (Å²) >= 11 is 0. The van der Waals surface area contributed by atoms with Crippen LogP contribution < -0.4 is 5.32 Å². The highest BCUT2D eigenvalue weighted by Gasteiger charge is 2.32. The Kier molecular flexibility index (Phi) is 1.16. The van der Waals surface area contributed by atoms with Crippen LogP contribution in [0.15, 0.2) is 12.2 Å². The summed E-state index contributed by atoms with van der Waals surface area (Å²) in [6, 6.07) is 0.234. The van der Waals surface area contributed by atoms with Gasteiger partial charge in [-0.1, -0.05) is 6.08 Å². The first-order chi connectivity index (χ1) is 4.86. The van der Waals surface area contributed by atoms with E-state index < -0.39 is 0 Å². The summed E-state index contributed by atoms with van der Waals surface area (Å²) in [6.45, 7) is 0. The Labute approximate surface area is 59.1 Å². The molecule has 1 N–H and O–H groups in total. The standard InChI is InChI=1S/C7H9NO2/c9-7-8-5-3-1-2-4-6(5)10-7/h2,4-6H,1,3H2,(H,8,9)/t5-,6+/m0/s1. The van der Waals surface area contributed by atoms with Gasteiger partial charge in [0.25, 0.3) is 0 Å². The summed E-state index contributed by atoms with van der Waals surface area (Å²) in [5.41, 5.74) is 0. The number of hydrogen-bond donors (Lipinski definition) is 1. The molecule has 0 aromatic heterocycles. The van der Waals surface area contributed by atoms with E-state index in [1.54, 1.807) is 0 Å². The van der Waals surface area contributed by atoms with Gasteiger partial charge in [0.15, 0.2) is 0 Å².